The summed E-state index contributed by atoms with van der Waals surface area (Å²) >= 11 is 7.30. The lowest BCUT2D eigenvalue weighted by Gasteiger charge is -2.24. The number of benzene rings is 1. The Morgan fingerprint density at radius 3 is 2.70 bits per heavy atom. The van der Waals surface area contributed by atoms with Crippen LogP contribution in [0.15, 0.2) is 24.3 Å². The number of carbonyl (C=O) groups is 2. The van der Waals surface area contributed by atoms with E-state index in [9.17, 15) is 9.59 Å². The van der Waals surface area contributed by atoms with Crippen LogP contribution in [0, 0.1) is 0 Å². The average Bonchev–Trinajstić information content (AvgIpc) is 2.38. The standard InChI is InChI=1S/C14H18ClNO3S/c1-3-14(2,13(18)19)16-12(17)9-20-8-10-5-4-6-11(15)7-10/h4-7H,3,8-9H2,1-2H3,(H,16,17)(H,18,19). The molecule has 0 fully saturated rings. The van der Waals surface area contributed by atoms with E-state index in [1.807, 2.05) is 18.2 Å². The Morgan fingerprint density at radius 1 is 1.45 bits per heavy atom. The Labute approximate surface area is 127 Å². The van der Waals surface area contributed by atoms with Crippen LogP contribution in [-0.4, -0.2) is 28.3 Å². The molecule has 2 N–H and O–H groups in total. The fourth-order valence-corrected chi connectivity index (χ4v) is 2.51. The van der Waals surface area contributed by atoms with Gasteiger partial charge >= 0.3 is 5.97 Å². The molecule has 20 heavy (non-hydrogen) atoms. The van der Waals surface area contributed by atoms with Gasteiger partial charge in [0.1, 0.15) is 5.54 Å². The zero-order chi connectivity index (χ0) is 15.2. The number of amides is 1. The first kappa shape index (κ1) is 16.9. The molecule has 110 valence electrons. The average molecular weight is 316 g/mol. The Balaban J connectivity index is 2.42. The Hall–Kier alpha value is -1.20. The summed E-state index contributed by atoms with van der Waals surface area (Å²) in [5.74, 6) is -0.420. The first-order valence-electron chi connectivity index (χ1n) is 6.24. The number of thioether (sulfide) groups is 1. The number of rotatable bonds is 7. The summed E-state index contributed by atoms with van der Waals surface area (Å²) in [6.45, 7) is 3.24. The maximum Gasteiger partial charge on any atom is 0.329 e. The molecule has 0 aliphatic heterocycles. The fourth-order valence-electron chi connectivity index (χ4n) is 1.53. The third kappa shape index (κ3) is 5.06. The molecule has 0 spiro atoms. The molecular formula is C14H18ClNO3S. The Kier molecular flexibility index (Phi) is 6.36. The minimum absolute atomic E-state index is 0.218. The van der Waals surface area contributed by atoms with Crippen LogP contribution in [0.3, 0.4) is 0 Å². The van der Waals surface area contributed by atoms with Crippen molar-refractivity contribution in [2.45, 2.75) is 31.6 Å². The van der Waals surface area contributed by atoms with E-state index in [0.717, 1.165) is 5.56 Å². The second-order valence-corrected chi connectivity index (χ2v) is 6.08. The maximum atomic E-state index is 11.8. The summed E-state index contributed by atoms with van der Waals surface area (Å²) in [5.41, 5.74) is -0.167. The van der Waals surface area contributed by atoms with E-state index in [1.165, 1.54) is 18.7 Å². The summed E-state index contributed by atoms with van der Waals surface area (Å²) in [6.07, 6.45) is 0.340. The van der Waals surface area contributed by atoms with Gasteiger partial charge in [-0.1, -0.05) is 30.7 Å². The number of hydrogen-bond acceptors (Lipinski definition) is 3. The van der Waals surface area contributed by atoms with Crippen LogP contribution >= 0.6 is 23.4 Å². The van der Waals surface area contributed by atoms with E-state index in [4.69, 9.17) is 16.7 Å². The number of carboxylic acid groups (broad SMARTS) is 1. The lowest BCUT2D eigenvalue weighted by atomic mass is 9.99. The van der Waals surface area contributed by atoms with Gasteiger partial charge in [-0.2, -0.15) is 0 Å². The molecule has 0 heterocycles. The van der Waals surface area contributed by atoms with Gasteiger partial charge in [0.05, 0.1) is 5.75 Å². The van der Waals surface area contributed by atoms with E-state index in [-0.39, 0.29) is 11.7 Å². The van der Waals surface area contributed by atoms with Crippen LogP contribution in [0.5, 0.6) is 0 Å². The van der Waals surface area contributed by atoms with Crippen LogP contribution in [0.25, 0.3) is 0 Å². The highest BCUT2D eigenvalue weighted by Crippen LogP contribution is 2.17. The van der Waals surface area contributed by atoms with Gasteiger partial charge in [-0.15, -0.1) is 11.8 Å². The van der Waals surface area contributed by atoms with Crippen LogP contribution in [0.1, 0.15) is 25.8 Å². The number of nitrogens with one attached hydrogen (secondary N) is 1. The van der Waals surface area contributed by atoms with E-state index < -0.39 is 11.5 Å². The highest BCUT2D eigenvalue weighted by atomic mass is 35.5. The zero-order valence-corrected chi connectivity index (χ0v) is 13.1. The molecule has 0 radical (unpaired) electrons. The molecular weight excluding hydrogens is 298 g/mol. The molecule has 0 aliphatic rings. The minimum atomic E-state index is -1.20. The van der Waals surface area contributed by atoms with Gasteiger partial charge in [0.2, 0.25) is 5.91 Å². The third-order valence-corrected chi connectivity index (χ3v) is 4.22. The van der Waals surface area contributed by atoms with Gasteiger partial charge in [-0.3, -0.25) is 4.79 Å². The topological polar surface area (TPSA) is 66.4 Å². The van der Waals surface area contributed by atoms with Gasteiger partial charge in [0.25, 0.3) is 0 Å². The van der Waals surface area contributed by atoms with Crippen molar-refractivity contribution in [3.63, 3.8) is 0 Å². The SMILES string of the molecule is CCC(C)(NC(=O)CSCc1cccc(Cl)c1)C(=O)O. The van der Waals surface area contributed by atoms with Crippen LogP contribution in [0.2, 0.25) is 5.02 Å². The van der Waals surface area contributed by atoms with Gasteiger partial charge in [0, 0.05) is 10.8 Å². The first-order valence-corrected chi connectivity index (χ1v) is 7.77. The van der Waals surface area contributed by atoms with Gasteiger partial charge in [0.15, 0.2) is 0 Å². The number of halogens is 1. The monoisotopic (exact) mass is 315 g/mol. The first-order chi connectivity index (χ1) is 9.37. The number of aliphatic carboxylic acids is 1. The smallest absolute Gasteiger partial charge is 0.329 e. The molecule has 0 aromatic heterocycles. The second-order valence-electron chi connectivity index (χ2n) is 4.66. The van der Waals surface area contributed by atoms with E-state index in [0.29, 0.717) is 17.2 Å². The number of carbonyl (C=O) groups excluding carboxylic acids is 1. The molecule has 0 bridgehead atoms. The summed E-state index contributed by atoms with van der Waals surface area (Å²) in [5, 5.41) is 12.3. The normalized spacial score (nSPS) is 13.6. The predicted octanol–water partition coefficient (Wildman–Crippen LogP) is 2.94. The fraction of sp³-hybridized carbons (Fsp3) is 0.429. The molecule has 0 aliphatic carbocycles. The van der Waals surface area contributed by atoms with E-state index in [1.54, 1.807) is 13.0 Å². The number of carboxylic acids is 1. The van der Waals surface area contributed by atoms with Gasteiger partial charge in [-0.25, -0.2) is 4.79 Å². The number of hydrogen-bond donors (Lipinski definition) is 2. The molecule has 0 saturated heterocycles. The van der Waals surface area contributed by atoms with Crippen molar-refractivity contribution in [3.05, 3.63) is 34.9 Å². The summed E-state index contributed by atoms with van der Waals surface area (Å²) in [7, 11) is 0. The predicted molar refractivity (Wildman–Crippen MR) is 82.1 cm³/mol. The molecule has 1 aromatic rings. The maximum absolute atomic E-state index is 11.8. The molecule has 0 saturated carbocycles. The quantitative estimate of drug-likeness (QED) is 0.812. The summed E-state index contributed by atoms with van der Waals surface area (Å²) < 4.78 is 0. The van der Waals surface area contributed by atoms with Crippen molar-refractivity contribution in [2.24, 2.45) is 0 Å². The largest absolute Gasteiger partial charge is 0.480 e. The lowest BCUT2D eigenvalue weighted by molar-refractivity contribution is -0.146. The summed E-state index contributed by atoms with van der Waals surface area (Å²) in [6, 6.07) is 7.43. The van der Waals surface area contributed by atoms with Crippen LogP contribution in [-0.2, 0) is 15.3 Å². The van der Waals surface area contributed by atoms with Crippen molar-refractivity contribution < 1.29 is 14.7 Å². The highest BCUT2D eigenvalue weighted by molar-refractivity contribution is 7.99. The van der Waals surface area contributed by atoms with Crippen LogP contribution in [0.4, 0.5) is 0 Å². The van der Waals surface area contributed by atoms with E-state index in [2.05, 4.69) is 5.32 Å². The minimum Gasteiger partial charge on any atom is -0.480 e. The molecule has 1 aromatic carbocycles. The zero-order valence-electron chi connectivity index (χ0n) is 11.5. The highest BCUT2D eigenvalue weighted by Gasteiger charge is 2.32. The Bertz CT molecular complexity index is 495. The van der Waals surface area contributed by atoms with Crippen molar-refractivity contribution >= 4 is 35.2 Å². The van der Waals surface area contributed by atoms with Crippen LogP contribution < -0.4 is 5.32 Å². The lowest BCUT2D eigenvalue weighted by Crippen LogP contribution is -2.52. The third-order valence-electron chi connectivity index (χ3n) is 2.99. The van der Waals surface area contributed by atoms with Crippen molar-refractivity contribution in [2.75, 3.05) is 5.75 Å². The molecule has 1 amide bonds. The molecule has 1 atom stereocenters. The molecule has 6 heteroatoms. The molecule has 1 unspecified atom stereocenters. The van der Waals surface area contributed by atoms with Gasteiger partial charge < -0.3 is 10.4 Å². The van der Waals surface area contributed by atoms with Gasteiger partial charge in [-0.05, 0) is 31.0 Å². The molecule has 4 nitrogen and oxygen atoms in total. The van der Waals surface area contributed by atoms with E-state index >= 15 is 0 Å². The summed E-state index contributed by atoms with van der Waals surface area (Å²) in [4.78, 5) is 22.8. The van der Waals surface area contributed by atoms with Crippen molar-refractivity contribution in [3.8, 4) is 0 Å². The Morgan fingerprint density at radius 2 is 2.15 bits per heavy atom. The van der Waals surface area contributed by atoms with Crippen molar-refractivity contribution in [1.82, 2.24) is 5.32 Å². The van der Waals surface area contributed by atoms with Crippen molar-refractivity contribution in [1.29, 1.82) is 0 Å². The molecule has 1 rings (SSSR count). The second kappa shape index (κ2) is 7.55.